The highest BCUT2D eigenvalue weighted by atomic mass is 32.2. The Morgan fingerprint density at radius 3 is 2.40 bits per heavy atom. The smallest absolute Gasteiger partial charge is 0.334 e. The Hall–Kier alpha value is -1.45. The molecule has 0 aromatic rings. The van der Waals surface area contributed by atoms with Gasteiger partial charge in [0.25, 0.3) is 0 Å². The van der Waals surface area contributed by atoms with Crippen LogP contribution in [0.4, 0.5) is 9.59 Å². The van der Waals surface area contributed by atoms with Gasteiger partial charge in [0.2, 0.25) is 0 Å². The molecule has 0 aromatic carbocycles. The molecule has 1 atom stereocenters. The number of urea groups is 2. The van der Waals surface area contributed by atoms with E-state index in [1.807, 2.05) is 0 Å². The molecule has 0 aromatic heterocycles. The first-order chi connectivity index (χ1) is 6.93. The maximum absolute atomic E-state index is 10.7. The number of rotatable bonds is 2. The minimum Gasteiger partial charge on any atom is -0.350 e. The second-order valence-electron chi connectivity index (χ2n) is 2.84. The molecule has 0 fully saturated rings. The third-order valence-corrected chi connectivity index (χ3v) is 2.96. The quantitative estimate of drug-likeness (QED) is 0.259. The van der Waals surface area contributed by atoms with Gasteiger partial charge in [0.05, 0.1) is 11.1 Å². The lowest BCUT2D eigenvalue weighted by Crippen LogP contribution is -2.48. The number of hydrazine groups is 2. The molecule has 1 rings (SSSR count). The van der Waals surface area contributed by atoms with Gasteiger partial charge in [-0.3, -0.25) is 5.01 Å². The number of hydrogen-bond donors (Lipinski definition) is 4. The van der Waals surface area contributed by atoms with E-state index >= 15 is 0 Å². The first kappa shape index (κ1) is 11.6. The SMILES string of the molecule is NC(=O)N(N)C1=CC(N(N)C(N)=O)CS1. The van der Waals surface area contributed by atoms with Gasteiger partial charge in [-0.05, 0) is 6.08 Å². The highest BCUT2D eigenvalue weighted by Crippen LogP contribution is 2.28. The van der Waals surface area contributed by atoms with Crippen molar-refractivity contribution in [2.24, 2.45) is 23.2 Å². The topological polar surface area (TPSA) is 145 Å². The van der Waals surface area contributed by atoms with Gasteiger partial charge in [0, 0.05) is 5.75 Å². The molecule has 1 heterocycles. The summed E-state index contributed by atoms with van der Waals surface area (Å²) < 4.78 is 0. The van der Waals surface area contributed by atoms with E-state index in [4.69, 9.17) is 23.2 Å². The molecule has 8 N–H and O–H groups in total. The summed E-state index contributed by atoms with van der Waals surface area (Å²) in [5.74, 6) is 11.2. The first-order valence-corrected chi connectivity index (χ1v) is 4.94. The van der Waals surface area contributed by atoms with Crippen LogP contribution in [0.3, 0.4) is 0 Å². The van der Waals surface area contributed by atoms with Gasteiger partial charge in [-0.1, -0.05) is 0 Å². The average molecular weight is 232 g/mol. The van der Waals surface area contributed by atoms with Gasteiger partial charge in [-0.2, -0.15) is 0 Å². The second kappa shape index (κ2) is 4.38. The molecule has 84 valence electrons. The highest BCUT2D eigenvalue weighted by molar-refractivity contribution is 8.03. The molecule has 1 aliphatic heterocycles. The summed E-state index contributed by atoms with van der Waals surface area (Å²) >= 11 is 1.26. The third kappa shape index (κ3) is 2.52. The standard InChI is InChI=1S/C6H12N6O2S/c7-5(13)11(9)3-1-4(15-2-3)12(10)6(8)14/h1,3H,2,9-10H2,(H2,7,13)(H2,8,14). The molecule has 0 bridgehead atoms. The fraction of sp³-hybridized carbons (Fsp3) is 0.333. The van der Waals surface area contributed by atoms with Gasteiger partial charge >= 0.3 is 12.1 Å². The number of nitrogens with zero attached hydrogens (tertiary/aromatic N) is 2. The van der Waals surface area contributed by atoms with Gasteiger partial charge in [0.1, 0.15) is 0 Å². The molecule has 9 heteroatoms. The van der Waals surface area contributed by atoms with Gasteiger partial charge in [-0.15, -0.1) is 11.8 Å². The van der Waals surface area contributed by atoms with E-state index in [0.717, 1.165) is 10.0 Å². The van der Waals surface area contributed by atoms with Crippen LogP contribution in [0.1, 0.15) is 0 Å². The molecule has 0 aliphatic carbocycles. The zero-order valence-corrected chi connectivity index (χ0v) is 8.61. The summed E-state index contributed by atoms with van der Waals surface area (Å²) in [7, 11) is 0. The molecular weight excluding hydrogens is 220 g/mol. The molecule has 8 nitrogen and oxygen atoms in total. The van der Waals surface area contributed by atoms with Gasteiger partial charge in [0.15, 0.2) is 0 Å². The first-order valence-electron chi connectivity index (χ1n) is 3.95. The van der Waals surface area contributed by atoms with Crippen molar-refractivity contribution in [3.63, 3.8) is 0 Å². The lowest BCUT2D eigenvalue weighted by Gasteiger charge is -2.18. The Bertz CT molecular complexity index is 319. The van der Waals surface area contributed by atoms with E-state index < -0.39 is 12.1 Å². The zero-order valence-electron chi connectivity index (χ0n) is 7.79. The van der Waals surface area contributed by atoms with Crippen LogP contribution in [0.5, 0.6) is 0 Å². The summed E-state index contributed by atoms with van der Waals surface area (Å²) in [6.07, 6.45) is 1.56. The second-order valence-corrected chi connectivity index (χ2v) is 3.88. The maximum Gasteiger partial charge on any atom is 0.334 e. The number of carbonyl (C=O) groups excluding carboxylic acids is 2. The van der Waals surface area contributed by atoms with E-state index in [1.54, 1.807) is 6.08 Å². The third-order valence-electron chi connectivity index (χ3n) is 1.82. The fourth-order valence-corrected chi connectivity index (χ4v) is 2.09. The van der Waals surface area contributed by atoms with E-state index in [-0.39, 0.29) is 6.04 Å². The molecule has 0 spiro atoms. The van der Waals surface area contributed by atoms with E-state index in [1.165, 1.54) is 11.8 Å². The summed E-state index contributed by atoms with van der Waals surface area (Å²) in [4.78, 5) is 21.5. The van der Waals surface area contributed by atoms with Crippen LogP contribution in [-0.4, -0.2) is 33.9 Å². The predicted octanol–water partition coefficient (Wildman–Crippen LogP) is -1.55. The number of hydrogen-bond acceptors (Lipinski definition) is 5. The van der Waals surface area contributed by atoms with Crippen LogP contribution in [0.2, 0.25) is 0 Å². The van der Waals surface area contributed by atoms with Crippen molar-refractivity contribution >= 4 is 23.8 Å². The summed E-state index contributed by atoms with van der Waals surface area (Å²) in [5, 5.41) is 2.11. The van der Waals surface area contributed by atoms with Crippen LogP contribution in [-0.2, 0) is 0 Å². The van der Waals surface area contributed by atoms with Crippen LogP contribution >= 0.6 is 11.8 Å². The van der Waals surface area contributed by atoms with Crippen molar-refractivity contribution < 1.29 is 9.59 Å². The van der Waals surface area contributed by atoms with E-state index in [0.29, 0.717) is 10.8 Å². The van der Waals surface area contributed by atoms with Crippen molar-refractivity contribution in [3.05, 3.63) is 11.1 Å². The number of carbonyl (C=O) groups is 2. The predicted molar refractivity (Wildman–Crippen MR) is 55.5 cm³/mol. The monoisotopic (exact) mass is 232 g/mol. The fourth-order valence-electron chi connectivity index (χ4n) is 1.01. The Labute approximate surface area is 90.1 Å². The Morgan fingerprint density at radius 2 is 1.93 bits per heavy atom. The largest absolute Gasteiger partial charge is 0.350 e. The van der Waals surface area contributed by atoms with Gasteiger partial charge < -0.3 is 11.5 Å². The van der Waals surface area contributed by atoms with Crippen molar-refractivity contribution in [1.29, 1.82) is 0 Å². The number of amides is 4. The van der Waals surface area contributed by atoms with Crippen LogP contribution in [0.25, 0.3) is 0 Å². The molecule has 0 saturated heterocycles. The van der Waals surface area contributed by atoms with Crippen molar-refractivity contribution in [1.82, 2.24) is 10.0 Å². The minimum atomic E-state index is -0.781. The lowest BCUT2D eigenvalue weighted by molar-refractivity contribution is 0.201. The minimum absolute atomic E-state index is 0.382. The molecule has 1 aliphatic rings. The highest BCUT2D eigenvalue weighted by Gasteiger charge is 2.26. The summed E-state index contributed by atoms with van der Waals surface area (Å²) in [6.45, 7) is 0. The van der Waals surface area contributed by atoms with Gasteiger partial charge in [-0.25, -0.2) is 26.3 Å². The molecule has 0 saturated carbocycles. The number of nitrogens with two attached hydrogens (primary N) is 4. The molecule has 15 heavy (non-hydrogen) atoms. The Kier molecular flexibility index (Phi) is 3.39. The van der Waals surface area contributed by atoms with Crippen molar-refractivity contribution in [2.75, 3.05) is 5.75 Å². The lowest BCUT2D eigenvalue weighted by atomic mass is 10.3. The maximum atomic E-state index is 10.7. The molecule has 1 unspecified atom stereocenters. The van der Waals surface area contributed by atoms with Crippen molar-refractivity contribution in [3.8, 4) is 0 Å². The van der Waals surface area contributed by atoms with Crippen LogP contribution in [0.15, 0.2) is 11.1 Å². The van der Waals surface area contributed by atoms with Crippen LogP contribution in [0, 0.1) is 0 Å². The Morgan fingerprint density at radius 1 is 1.33 bits per heavy atom. The molecule has 0 radical (unpaired) electrons. The van der Waals surface area contributed by atoms with E-state index in [2.05, 4.69) is 0 Å². The number of thioether (sulfide) groups is 1. The van der Waals surface area contributed by atoms with E-state index in [9.17, 15) is 9.59 Å². The van der Waals surface area contributed by atoms with Crippen molar-refractivity contribution in [2.45, 2.75) is 6.04 Å². The normalized spacial score (nSPS) is 19.6. The molecule has 4 amide bonds. The summed E-state index contributed by atoms with van der Waals surface area (Å²) in [5.41, 5.74) is 9.95. The number of primary amides is 2. The Balaban J connectivity index is 2.70. The summed E-state index contributed by atoms with van der Waals surface area (Å²) in [6, 6.07) is -1.91. The average Bonchev–Trinajstić information content (AvgIpc) is 2.63. The van der Waals surface area contributed by atoms with Crippen LogP contribution < -0.4 is 23.2 Å². The zero-order chi connectivity index (χ0) is 11.6. The molecular formula is C6H12N6O2S.